The quantitative estimate of drug-likeness (QED) is 0.799. The maximum atomic E-state index is 12.6. The van der Waals surface area contributed by atoms with E-state index in [1.807, 2.05) is 11.8 Å². The van der Waals surface area contributed by atoms with Crippen LogP contribution in [0.1, 0.15) is 60.5 Å². The molecule has 0 saturated carbocycles. The van der Waals surface area contributed by atoms with E-state index in [-0.39, 0.29) is 11.5 Å². The first-order valence-corrected chi connectivity index (χ1v) is 10.3. The molecule has 1 aromatic carbocycles. The number of hydrogen-bond donors (Lipinski definition) is 0. The highest BCUT2D eigenvalue weighted by Crippen LogP contribution is 2.46. The summed E-state index contributed by atoms with van der Waals surface area (Å²) >= 11 is 0. The number of carbonyl (C=O) groups excluding carboxylic acids is 2. The van der Waals surface area contributed by atoms with E-state index in [4.69, 9.17) is 4.74 Å². The van der Waals surface area contributed by atoms with Gasteiger partial charge in [-0.05, 0) is 64.3 Å². The molecule has 0 N–H and O–H groups in total. The summed E-state index contributed by atoms with van der Waals surface area (Å²) in [7, 11) is 0. The SMILES string of the molecule is CCOC(=O)N1CCC(N2CCC3(CC2)CC(=O)c2cc(C)ccc23)CC1. The van der Waals surface area contributed by atoms with Crippen LogP contribution in [0.25, 0.3) is 0 Å². The molecule has 3 aliphatic rings. The minimum Gasteiger partial charge on any atom is -0.450 e. The van der Waals surface area contributed by atoms with Crippen LogP contribution in [-0.2, 0) is 10.2 Å². The van der Waals surface area contributed by atoms with Crippen molar-refractivity contribution in [1.82, 2.24) is 9.80 Å². The second kappa shape index (κ2) is 7.27. The molecule has 1 aromatic rings. The highest BCUT2D eigenvalue weighted by atomic mass is 16.6. The summed E-state index contributed by atoms with van der Waals surface area (Å²) in [5, 5.41) is 0. The number of likely N-dealkylation sites (tertiary alicyclic amines) is 2. The number of rotatable bonds is 2. The molecule has 0 aromatic heterocycles. The summed E-state index contributed by atoms with van der Waals surface area (Å²) in [6, 6.07) is 6.96. The number of hydrogen-bond acceptors (Lipinski definition) is 4. The van der Waals surface area contributed by atoms with Gasteiger partial charge in [-0.25, -0.2) is 4.79 Å². The fourth-order valence-corrected chi connectivity index (χ4v) is 5.24. The summed E-state index contributed by atoms with van der Waals surface area (Å²) in [4.78, 5) is 28.9. The third kappa shape index (κ3) is 3.38. The maximum Gasteiger partial charge on any atom is 0.409 e. The van der Waals surface area contributed by atoms with Crippen molar-refractivity contribution in [2.24, 2.45) is 0 Å². The van der Waals surface area contributed by atoms with E-state index in [9.17, 15) is 9.59 Å². The Labute approximate surface area is 161 Å². The van der Waals surface area contributed by atoms with Crippen LogP contribution in [0, 0.1) is 6.92 Å². The van der Waals surface area contributed by atoms with E-state index in [1.165, 1.54) is 11.1 Å². The van der Waals surface area contributed by atoms with Crippen LogP contribution in [0.2, 0.25) is 0 Å². The minimum atomic E-state index is -0.176. The molecule has 2 heterocycles. The molecule has 2 fully saturated rings. The third-order valence-electron chi connectivity index (χ3n) is 6.81. The van der Waals surface area contributed by atoms with E-state index >= 15 is 0 Å². The Morgan fingerprint density at radius 1 is 1.19 bits per heavy atom. The van der Waals surface area contributed by atoms with Gasteiger partial charge in [0, 0.05) is 36.5 Å². The van der Waals surface area contributed by atoms with Gasteiger partial charge in [0.1, 0.15) is 0 Å². The van der Waals surface area contributed by atoms with Crippen molar-refractivity contribution >= 4 is 11.9 Å². The number of piperidine rings is 2. The van der Waals surface area contributed by atoms with Crippen LogP contribution in [-0.4, -0.2) is 60.5 Å². The molecule has 1 amide bonds. The fourth-order valence-electron chi connectivity index (χ4n) is 5.24. The first kappa shape index (κ1) is 18.5. The summed E-state index contributed by atoms with van der Waals surface area (Å²) in [5.74, 6) is 0.324. The van der Waals surface area contributed by atoms with Crippen molar-refractivity contribution in [3.63, 3.8) is 0 Å². The van der Waals surface area contributed by atoms with E-state index in [0.29, 0.717) is 24.9 Å². The monoisotopic (exact) mass is 370 g/mol. The minimum absolute atomic E-state index is 0.0578. The lowest BCUT2D eigenvalue weighted by Crippen LogP contribution is -2.51. The topological polar surface area (TPSA) is 49.9 Å². The number of carbonyl (C=O) groups is 2. The highest BCUT2D eigenvalue weighted by Gasteiger charge is 2.45. The number of ketones is 1. The number of benzene rings is 1. The van der Waals surface area contributed by atoms with Crippen LogP contribution in [0.4, 0.5) is 4.79 Å². The smallest absolute Gasteiger partial charge is 0.409 e. The van der Waals surface area contributed by atoms with E-state index in [2.05, 4.69) is 30.0 Å². The highest BCUT2D eigenvalue weighted by molar-refractivity contribution is 6.02. The van der Waals surface area contributed by atoms with Gasteiger partial charge in [0.15, 0.2) is 5.78 Å². The first-order valence-electron chi connectivity index (χ1n) is 10.3. The zero-order valence-electron chi connectivity index (χ0n) is 16.5. The van der Waals surface area contributed by atoms with Crippen LogP contribution in [0.3, 0.4) is 0 Å². The lowest BCUT2D eigenvalue weighted by Gasteiger charge is -2.45. The Balaban J connectivity index is 1.37. The normalized spacial score (nSPS) is 22.9. The molecule has 0 atom stereocenters. The molecule has 146 valence electrons. The third-order valence-corrected chi connectivity index (χ3v) is 6.81. The molecule has 2 aliphatic heterocycles. The standard InChI is InChI=1S/C22H30N2O3/c1-3-27-21(26)24-10-6-17(7-11-24)23-12-8-22(9-13-23)15-20(25)18-14-16(2)4-5-19(18)22/h4-5,14,17H,3,6-13,15H2,1-2H3. The molecular weight excluding hydrogens is 340 g/mol. The lowest BCUT2D eigenvalue weighted by molar-refractivity contribution is 0.0556. The van der Waals surface area contributed by atoms with Gasteiger partial charge in [0.2, 0.25) is 0 Å². The molecule has 1 spiro atoms. The van der Waals surface area contributed by atoms with Crippen molar-refractivity contribution in [1.29, 1.82) is 0 Å². The lowest BCUT2D eigenvalue weighted by atomic mass is 9.73. The number of nitrogens with zero attached hydrogens (tertiary/aromatic N) is 2. The Bertz CT molecular complexity index is 729. The number of aryl methyl sites for hydroxylation is 1. The van der Waals surface area contributed by atoms with Crippen LogP contribution >= 0.6 is 0 Å². The molecule has 2 saturated heterocycles. The van der Waals surface area contributed by atoms with Gasteiger partial charge in [0.05, 0.1) is 6.61 Å². The van der Waals surface area contributed by atoms with E-state index in [0.717, 1.165) is 57.4 Å². The number of amides is 1. The van der Waals surface area contributed by atoms with Gasteiger partial charge in [-0.1, -0.05) is 17.7 Å². The van der Waals surface area contributed by atoms with Crippen LogP contribution in [0.15, 0.2) is 18.2 Å². The Morgan fingerprint density at radius 2 is 1.89 bits per heavy atom. The first-order chi connectivity index (χ1) is 13.0. The zero-order chi connectivity index (χ0) is 19.0. The second-order valence-electron chi connectivity index (χ2n) is 8.38. The average molecular weight is 370 g/mol. The van der Waals surface area contributed by atoms with Gasteiger partial charge in [-0.2, -0.15) is 0 Å². The van der Waals surface area contributed by atoms with E-state index < -0.39 is 0 Å². The largest absolute Gasteiger partial charge is 0.450 e. The molecule has 27 heavy (non-hydrogen) atoms. The van der Waals surface area contributed by atoms with Crippen LogP contribution < -0.4 is 0 Å². The van der Waals surface area contributed by atoms with Gasteiger partial charge < -0.3 is 14.5 Å². The molecule has 0 radical (unpaired) electrons. The van der Waals surface area contributed by atoms with Crippen molar-refractivity contribution in [2.75, 3.05) is 32.8 Å². The number of Topliss-reactive ketones (excluding diaryl/α,β-unsaturated/α-hetero) is 1. The molecule has 0 bridgehead atoms. The van der Waals surface area contributed by atoms with Crippen molar-refractivity contribution in [3.05, 3.63) is 34.9 Å². The summed E-state index contributed by atoms with van der Waals surface area (Å²) in [6.45, 7) is 8.00. The van der Waals surface area contributed by atoms with Crippen molar-refractivity contribution < 1.29 is 14.3 Å². The van der Waals surface area contributed by atoms with Crippen molar-refractivity contribution in [3.8, 4) is 0 Å². The second-order valence-corrected chi connectivity index (χ2v) is 8.38. The molecule has 0 unspecified atom stereocenters. The Hall–Kier alpha value is -1.88. The molecule has 5 nitrogen and oxygen atoms in total. The van der Waals surface area contributed by atoms with Gasteiger partial charge in [0.25, 0.3) is 0 Å². The van der Waals surface area contributed by atoms with Gasteiger partial charge in [-0.15, -0.1) is 0 Å². The number of ether oxygens (including phenoxy) is 1. The maximum absolute atomic E-state index is 12.6. The zero-order valence-corrected chi connectivity index (χ0v) is 16.5. The van der Waals surface area contributed by atoms with Gasteiger partial charge >= 0.3 is 6.09 Å². The molecule has 4 rings (SSSR count). The Morgan fingerprint density at radius 3 is 2.56 bits per heavy atom. The average Bonchev–Trinajstić information content (AvgIpc) is 2.94. The molecule has 1 aliphatic carbocycles. The predicted molar refractivity (Wildman–Crippen MR) is 104 cm³/mol. The molecule has 5 heteroatoms. The van der Waals surface area contributed by atoms with Crippen molar-refractivity contribution in [2.45, 2.75) is 57.4 Å². The Kier molecular flexibility index (Phi) is 4.97. The number of fused-ring (bicyclic) bond motifs is 2. The fraction of sp³-hybridized carbons (Fsp3) is 0.636. The summed E-state index contributed by atoms with van der Waals surface area (Å²) in [6.07, 6.45) is 4.66. The van der Waals surface area contributed by atoms with E-state index in [1.54, 1.807) is 0 Å². The summed E-state index contributed by atoms with van der Waals surface area (Å²) in [5.41, 5.74) is 3.48. The van der Waals surface area contributed by atoms with Gasteiger partial charge in [-0.3, -0.25) is 4.79 Å². The van der Waals surface area contributed by atoms with Crippen LogP contribution in [0.5, 0.6) is 0 Å². The summed E-state index contributed by atoms with van der Waals surface area (Å²) < 4.78 is 5.12. The predicted octanol–water partition coefficient (Wildman–Crippen LogP) is 3.54. The molecular formula is C22H30N2O3.